The van der Waals surface area contributed by atoms with Gasteiger partial charge in [0.25, 0.3) is 0 Å². The van der Waals surface area contributed by atoms with Crippen molar-refractivity contribution in [3.63, 3.8) is 0 Å². The fourth-order valence-corrected chi connectivity index (χ4v) is 3.64. The van der Waals surface area contributed by atoms with Gasteiger partial charge in [-0.3, -0.25) is 0 Å². The minimum atomic E-state index is 0.881. The van der Waals surface area contributed by atoms with E-state index in [1.807, 2.05) is 0 Å². The van der Waals surface area contributed by atoms with Crippen molar-refractivity contribution in [2.45, 2.75) is 130 Å². The molecule has 0 aliphatic carbocycles. The van der Waals surface area contributed by atoms with Crippen molar-refractivity contribution >= 4 is 0 Å². The van der Waals surface area contributed by atoms with Crippen LogP contribution in [0.15, 0.2) is 24.6 Å². The Morgan fingerprint density at radius 2 is 1.07 bits per heavy atom. The van der Waals surface area contributed by atoms with E-state index in [1.165, 1.54) is 108 Å². The van der Waals surface area contributed by atoms with Gasteiger partial charge in [0.2, 0.25) is 0 Å². The molecule has 1 unspecified atom stereocenters. The van der Waals surface area contributed by atoms with Gasteiger partial charge in [-0.25, -0.2) is 0 Å². The van der Waals surface area contributed by atoms with Crippen LogP contribution < -0.4 is 10.6 Å². The van der Waals surface area contributed by atoms with Crippen molar-refractivity contribution in [1.29, 1.82) is 0 Å². The van der Waals surface area contributed by atoms with E-state index >= 15 is 0 Å². The van der Waals surface area contributed by atoms with Gasteiger partial charge >= 0.3 is 0 Å². The number of hydrogen-bond acceptors (Lipinski definition) is 2. The van der Waals surface area contributed by atoms with E-state index in [0.29, 0.717) is 0 Å². The summed E-state index contributed by atoms with van der Waals surface area (Å²) in [5, 5.41) is 7.03. The topological polar surface area (TPSA) is 24.1 Å². The molecule has 172 valence electrons. The smallest absolute Gasteiger partial charge is 0.0143 e. The quantitative estimate of drug-likeness (QED) is 0.166. The molecule has 0 aromatic carbocycles. The second-order valence-electron chi connectivity index (χ2n) is 9.11. The van der Waals surface area contributed by atoms with E-state index in [2.05, 4.69) is 44.6 Å². The van der Waals surface area contributed by atoms with Crippen molar-refractivity contribution in [2.24, 2.45) is 5.92 Å². The van der Waals surface area contributed by atoms with Crippen LogP contribution in [0.1, 0.15) is 130 Å². The van der Waals surface area contributed by atoms with Crippen LogP contribution in [0.25, 0.3) is 0 Å². The molecule has 0 spiro atoms. The first kappa shape index (κ1) is 28.1. The highest BCUT2D eigenvalue weighted by Gasteiger charge is 1.99. The summed E-state index contributed by atoms with van der Waals surface area (Å²) in [5.74, 6) is 0.881. The third-order valence-corrected chi connectivity index (χ3v) is 6.06. The van der Waals surface area contributed by atoms with Gasteiger partial charge in [0.1, 0.15) is 0 Å². The number of hydrogen-bond donors (Lipinski definition) is 2. The van der Waals surface area contributed by atoms with E-state index in [4.69, 9.17) is 0 Å². The molecule has 0 aliphatic rings. The molecule has 0 fully saturated rings. The normalized spacial score (nSPS) is 12.0. The Hall–Kier alpha value is -0.920. The Balaban J connectivity index is 3.29. The predicted octanol–water partition coefficient (Wildman–Crippen LogP) is 8.50. The second kappa shape index (κ2) is 21.8. The first-order valence-corrected chi connectivity index (χ1v) is 12.9. The lowest BCUT2D eigenvalue weighted by atomic mass is 10.0. The van der Waals surface area contributed by atoms with Gasteiger partial charge in [-0.15, -0.1) is 0 Å². The summed E-state index contributed by atoms with van der Waals surface area (Å²) >= 11 is 0. The lowest BCUT2D eigenvalue weighted by Crippen LogP contribution is -2.14. The highest BCUT2D eigenvalue weighted by atomic mass is 14.9. The summed E-state index contributed by atoms with van der Waals surface area (Å²) in [4.78, 5) is 0. The number of allylic oxidation sites excluding steroid dienone is 2. The molecular formula is C27H54N2. The maximum absolute atomic E-state index is 4.18. The van der Waals surface area contributed by atoms with Crippen LogP contribution in [0.4, 0.5) is 0 Å². The van der Waals surface area contributed by atoms with Crippen LogP contribution in [0, 0.1) is 5.92 Å². The zero-order valence-electron chi connectivity index (χ0n) is 20.4. The average molecular weight is 407 g/mol. The van der Waals surface area contributed by atoms with Gasteiger partial charge in [0, 0.05) is 24.5 Å². The van der Waals surface area contributed by atoms with Crippen molar-refractivity contribution in [1.82, 2.24) is 10.6 Å². The summed E-state index contributed by atoms with van der Waals surface area (Å²) in [6, 6.07) is 0. The molecule has 0 aliphatic heterocycles. The van der Waals surface area contributed by atoms with E-state index < -0.39 is 0 Å². The maximum atomic E-state index is 4.18. The Morgan fingerprint density at radius 3 is 1.59 bits per heavy atom. The van der Waals surface area contributed by atoms with Gasteiger partial charge in [0.05, 0.1) is 0 Å². The zero-order valence-corrected chi connectivity index (χ0v) is 20.4. The molecule has 0 bridgehead atoms. The fraction of sp³-hybridized carbons (Fsp3) is 0.852. The third kappa shape index (κ3) is 21.6. The largest absolute Gasteiger partial charge is 0.389 e. The van der Waals surface area contributed by atoms with Crippen molar-refractivity contribution in [2.75, 3.05) is 13.1 Å². The Labute approximate surface area is 184 Å². The molecule has 0 aromatic rings. The molecule has 2 N–H and O–H groups in total. The second-order valence-corrected chi connectivity index (χ2v) is 9.11. The molecule has 2 nitrogen and oxygen atoms in total. The lowest BCUT2D eigenvalue weighted by molar-refractivity contribution is 0.480. The van der Waals surface area contributed by atoms with Crippen LogP contribution in [-0.4, -0.2) is 13.1 Å². The Morgan fingerprint density at radius 1 is 0.621 bits per heavy atom. The standard InChI is InChI=1S/C27H54N2/c1-6-8-9-10-12-15-21-26(4)28-23-18-14-11-13-16-22-27(5)29-24-19-17-20-25(3)7-2/h25,28-29H,4-24H2,1-3H3. The Kier molecular flexibility index (Phi) is 21.1. The van der Waals surface area contributed by atoms with Gasteiger partial charge in [0.15, 0.2) is 0 Å². The van der Waals surface area contributed by atoms with Crippen LogP contribution in [-0.2, 0) is 0 Å². The summed E-state index contributed by atoms with van der Waals surface area (Å²) in [7, 11) is 0. The number of unbranched alkanes of at least 4 members (excludes halogenated alkanes) is 10. The SMILES string of the molecule is C=C(CCCCCCCC)NCCCCCCCC(=C)NCCCCC(C)CC. The molecule has 0 saturated heterocycles. The monoisotopic (exact) mass is 406 g/mol. The van der Waals surface area contributed by atoms with E-state index in [9.17, 15) is 0 Å². The first-order chi connectivity index (χ1) is 14.1. The highest BCUT2D eigenvalue weighted by Crippen LogP contribution is 2.12. The van der Waals surface area contributed by atoms with E-state index in [0.717, 1.165) is 31.8 Å². The van der Waals surface area contributed by atoms with Gasteiger partial charge in [-0.05, 0) is 44.4 Å². The van der Waals surface area contributed by atoms with Gasteiger partial charge in [-0.2, -0.15) is 0 Å². The van der Waals surface area contributed by atoms with Gasteiger partial charge < -0.3 is 10.6 Å². The molecule has 0 amide bonds. The molecule has 0 heterocycles. The van der Waals surface area contributed by atoms with Crippen LogP contribution >= 0.6 is 0 Å². The summed E-state index contributed by atoms with van der Waals surface area (Å²) in [6.07, 6.45) is 22.3. The van der Waals surface area contributed by atoms with Crippen LogP contribution in [0.3, 0.4) is 0 Å². The summed E-state index contributed by atoms with van der Waals surface area (Å²) in [5.41, 5.74) is 2.48. The van der Waals surface area contributed by atoms with E-state index in [-0.39, 0.29) is 0 Å². The molecule has 2 heteroatoms. The third-order valence-electron chi connectivity index (χ3n) is 6.06. The van der Waals surface area contributed by atoms with Gasteiger partial charge in [-0.1, -0.05) is 105 Å². The summed E-state index contributed by atoms with van der Waals surface area (Å²) < 4.78 is 0. The fourth-order valence-electron chi connectivity index (χ4n) is 3.64. The average Bonchev–Trinajstić information content (AvgIpc) is 2.72. The molecule has 0 aromatic heterocycles. The molecule has 29 heavy (non-hydrogen) atoms. The number of rotatable bonds is 23. The first-order valence-electron chi connectivity index (χ1n) is 12.9. The minimum Gasteiger partial charge on any atom is -0.389 e. The molecule has 0 radical (unpaired) electrons. The molecule has 1 atom stereocenters. The molecular weight excluding hydrogens is 352 g/mol. The number of nitrogens with one attached hydrogen (secondary N) is 2. The molecule has 0 rings (SSSR count). The summed E-state index contributed by atoms with van der Waals surface area (Å²) in [6.45, 7) is 17.5. The van der Waals surface area contributed by atoms with Crippen LogP contribution in [0.2, 0.25) is 0 Å². The highest BCUT2D eigenvalue weighted by molar-refractivity contribution is 4.91. The Bertz CT molecular complexity index is 375. The predicted molar refractivity (Wildman–Crippen MR) is 133 cm³/mol. The van der Waals surface area contributed by atoms with Crippen LogP contribution in [0.5, 0.6) is 0 Å². The van der Waals surface area contributed by atoms with E-state index in [1.54, 1.807) is 0 Å². The van der Waals surface area contributed by atoms with Crippen molar-refractivity contribution < 1.29 is 0 Å². The zero-order chi connectivity index (χ0) is 21.6. The molecule has 0 saturated carbocycles. The lowest BCUT2D eigenvalue weighted by Gasteiger charge is -2.11. The minimum absolute atomic E-state index is 0.881. The van der Waals surface area contributed by atoms with Crippen molar-refractivity contribution in [3.8, 4) is 0 Å². The van der Waals surface area contributed by atoms with Crippen molar-refractivity contribution in [3.05, 3.63) is 24.6 Å². The maximum Gasteiger partial charge on any atom is 0.0143 e.